The molecule has 0 aliphatic carbocycles. The third-order valence-corrected chi connectivity index (χ3v) is 8.22. The first-order chi connectivity index (χ1) is 19.0. The fourth-order valence-electron chi connectivity index (χ4n) is 6.45. The number of rotatable bonds is 6. The number of likely N-dealkylation sites (N-methyl/N-ethyl adjacent to an activating group) is 1. The van der Waals surface area contributed by atoms with Crippen LogP contribution in [0.1, 0.15) is 49.3 Å². The highest BCUT2D eigenvalue weighted by Crippen LogP contribution is 2.49. The van der Waals surface area contributed by atoms with Crippen LogP contribution in [0.25, 0.3) is 0 Å². The summed E-state index contributed by atoms with van der Waals surface area (Å²) in [6.45, 7) is 6.58. The molecule has 3 heterocycles. The summed E-state index contributed by atoms with van der Waals surface area (Å²) in [5.74, 6) is -0.528. The zero-order valence-corrected chi connectivity index (χ0v) is 23.0. The molecule has 0 aromatic heterocycles. The Hall–Kier alpha value is -3.47. The molecule has 3 aliphatic heterocycles. The molecular weight excluding hydrogens is 530 g/mol. The van der Waals surface area contributed by atoms with E-state index in [1.165, 1.54) is 6.07 Å². The summed E-state index contributed by atoms with van der Waals surface area (Å²) in [5.41, 5.74) is 3.01. The average Bonchev–Trinajstić information content (AvgIpc) is 3.01. The molecule has 2 saturated heterocycles. The second kappa shape index (κ2) is 10.5. The lowest BCUT2D eigenvalue weighted by molar-refractivity contribution is -0.275. The molecule has 5 rings (SSSR count). The third kappa shape index (κ3) is 4.95. The number of carbonyl (C=O) groups is 1. The number of alkyl halides is 3. The van der Waals surface area contributed by atoms with Crippen LogP contribution in [0.3, 0.4) is 0 Å². The van der Waals surface area contributed by atoms with Gasteiger partial charge in [0.25, 0.3) is 0 Å². The van der Waals surface area contributed by atoms with E-state index in [1.807, 2.05) is 28.9 Å². The maximum absolute atomic E-state index is 13.9. The van der Waals surface area contributed by atoms with Gasteiger partial charge < -0.3 is 19.1 Å². The Labute approximate surface area is 230 Å². The number of hydrogen-bond donors (Lipinski definition) is 0. The lowest BCUT2D eigenvalue weighted by Crippen LogP contribution is -2.53. The predicted molar refractivity (Wildman–Crippen MR) is 140 cm³/mol. The Balaban J connectivity index is 1.40. The first-order valence-electron chi connectivity index (χ1n) is 13.3. The van der Waals surface area contributed by atoms with Gasteiger partial charge in [-0.05, 0) is 49.1 Å². The number of halogens is 4. The number of carbonyl (C=O) groups excluding carboxylic acids is 1. The molecule has 0 radical (unpaired) electrons. The van der Waals surface area contributed by atoms with Gasteiger partial charge in [0.05, 0.1) is 26.3 Å². The largest absolute Gasteiger partial charge is 0.573 e. The molecule has 11 heteroatoms. The van der Waals surface area contributed by atoms with E-state index in [0.717, 1.165) is 34.7 Å². The van der Waals surface area contributed by atoms with Gasteiger partial charge in [0.15, 0.2) is 11.6 Å². The molecule has 0 saturated carbocycles. The van der Waals surface area contributed by atoms with E-state index < -0.39 is 23.5 Å². The van der Waals surface area contributed by atoms with Gasteiger partial charge in [0, 0.05) is 49.4 Å². The molecule has 1 unspecified atom stereocenters. The molecule has 0 N–H and O–H groups in total. The van der Waals surface area contributed by atoms with E-state index in [4.69, 9.17) is 9.47 Å². The normalized spacial score (nSPS) is 20.6. The van der Waals surface area contributed by atoms with Crippen LogP contribution in [0.5, 0.6) is 17.2 Å². The number of likely N-dealkylation sites (tertiary alicyclic amines) is 1. The van der Waals surface area contributed by atoms with Crippen LogP contribution in [0.15, 0.2) is 42.1 Å². The fourth-order valence-corrected chi connectivity index (χ4v) is 6.45. The van der Waals surface area contributed by atoms with Crippen LogP contribution in [-0.2, 0) is 13.1 Å². The highest BCUT2D eigenvalue weighted by atomic mass is 19.4. The van der Waals surface area contributed by atoms with E-state index in [9.17, 15) is 22.4 Å². The van der Waals surface area contributed by atoms with Crippen molar-refractivity contribution in [3.05, 3.63) is 64.6 Å². The highest BCUT2D eigenvalue weighted by molar-refractivity contribution is 5.83. The first kappa shape index (κ1) is 28.1. The molecule has 2 aromatic carbocycles. The van der Waals surface area contributed by atoms with Gasteiger partial charge >= 0.3 is 12.4 Å². The summed E-state index contributed by atoms with van der Waals surface area (Å²) < 4.78 is 67.0. The number of hydrogen-bond acceptors (Lipinski definition) is 5. The lowest BCUT2D eigenvalue weighted by Gasteiger charge is -2.44. The molecule has 0 bridgehead atoms. The summed E-state index contributed by atoms with van der Waals surface area (Å²) in [6.07, 6.45) is -1.48. The van der Waals surface area contributed by atoms with Gasteiger partial charge in [-0.15, -0.1) is 13.2 Å². The van der Waals surface area contributed by atoms with Crippen LogP contribution in [0.2, 0.25) is 0 Å². The van der Waals surface area contributed by atoms with Crippen LogP contribution in [0, 0.1) is 5.82 Å². The van der Waals surface area contributed by atoms with Gasteiger partial charge in [0.2, 0.25) is 0 Å². The number of allylic oxidation sites excluding steroid dienone is 1. The van der Waals surface area contributed by atoms with Crippen LogP contribution < -0.4 is 14.2 Å². The number of benzene rings is 2. The maximum Gasteiger partial charge on any atom is 0.573 e. The number of piperidine rings is 1. The molecule has 2 amide bonds. The van der Waals surface area contributed by atoms with E-state index in [0.29, 0.717) is 56.9 Å². The number of nitrogens with zero attached hydrogens (tertiary/aromatic N) is 3. The minimum Gasteiger partial charge on any atom is -0.497 e. The van der Waals surface area contributed by atoms with Gasteiger partial charge in [-0.1, -0.05) is 19.1 Å². The van der Waals surface area contributed by atoms with Gasteiger partial charge in [0.1, 0.15) is 11.5 Å². The molecular formula is C29H33F4N3O4. The Kier molecular flexibility index (Phi) is 7.37. The van der Waals surface area contributed by atoms with E-state index >= 15 is 0 Å². The van der Waals surface area contributed by atoms with Crippen molar-refractivity contribution in [2.45, 2.75) is 57.6 Å². The number of amides is 2. The second-order valence-corrected chi connectivity index (χ2v) is 10.5. The van der Waals surface area contributed by atoms with Gasteiger partial charge in [-0.2, -0.15) is 0 Å². The number of fused-ring (bicyclic) bond motifs is 3. The quantitative estimate of drug-likeness (QED) is 0.402. The Morgan fingerprint density at radius 1 is 1.05 bits per heavy atom. The van der Waals surface area contributed by atoms with Crippen molar-refractivity contribution in [3.63, 3.8) is 0 Å². The summed E-state index contributed by atoms with van der Waals surface area (Å²) in [5, 5.41) is 0. The zero-order valence-electron chi connectivity index (χ0n) is 23.0. The average molecular weight is 564 g/mol. The molecule has 3 aliphatic rings. The van der Waals surface area contributed by atoms with Crippen molar-refractivity contribution >= 4 is 6.03 Å². The van der Waals surface area contributed by atoms with E-state index in [1.54, 1.807) is 14.2 Å². The number of methoxy groups -OCH3 is 2. The molecule has 40 heavy (non-hydrogen) atoms. The van der Waals surface area contributed by atoms with Gasteiger partial charge in [-0.25, -0.2) is 9.18 Å². The number of ether oxygens (including phenoxy) is 3. The molecule has 1 atom stereocenters. The van der Waals surface area contributed by atoms with Crippen LogP contribution in [0.4, 0.5) is 22.4 Å². The predicted octanol–water partition coefficient (Wildman–Crippen LogP) is 6.03. The Morgan fingerprint density at radius 2 is 1.77 bits per heavy atom. The Morgan fingerprint density at radius 3 is 2.40 bits per heavy atom. The van der Waals surface area contributed by atoms with Crippen LogP contribution >= 0.6 is 0 Å². The van der Waals surface area contributed by atoms with Crippen molar-refractivity contribution in [2.24, 2.45) is 0 Å². The maximum atomic E-state index is 13.9. The topological polar surface area (TPSA) is 54.5 Å². The van der Waals surface area contributed by atoms with Crippen molar-refractivity contribution in [1.82, 2.24) is 14.7 Å². The molecule has 1 spiro atoms. The molecule has 2 aromatic rings. The lowest BCUT2D eigenvalue weighted by atomic mass is 9.82. The number of urea groups is 1. The van der Waals surface area contributed by atoms with E-state index in [-0.39, 0.29) is 11.9 Å². The summed E-state index contributed by atoms with van der Waals surface area (Å²) in [6, 6.07) is 7.34. The SMILES string of the molecule is CCN1C(=O)N2Cc3cc(OC)cc(OC)c3C(C)C=C2C12CCN(Cc1ccc(F)c(OC(F)(F)F)c1)CC2. The van der Waals surface area contributed by atoms with Crippen molar-refractivity contribution < 1.29 is 36.6 Å². The van der Waals surface area contributed by atoms with Crippen molar-refractivity contribution in [1.29, 1.82) is 0 Å². The van der Waals surface area contributed by atoms with E-state index in [2.05, 4.69) is 22.6 Å². The Bertz CT molecular complexity index is 1320. The standard InChI is InChI=1S/C29H33F4N3O4/c1-5-36-27(37)35-17-20-14-21(38-3)15-24(39-4)26(20)18(2)12-25(35)28(36)8-10-34(11-9-28)16-19-6-7-22(30)23(13-19)40-29(31,32)33/h6-7,12-15,18H,5,8-11,16-17H2,1-4H3. The monoisotopic (exact) mass is 563 g/mol. The fraction of sp³-hybridized carbons (Fsp3) is 0.483. The van der Waals surface area contributed by atoms with Crippen molar-refractivity contribution in [2.75, 3.05) is 33.9 Å². The second-order valence-electron chi connectivity index (χ2n) is 10.5. The highest BCUT2D eigenvalue weighted by Gasteiger charge is 2.54. The molecule has 2 fully saturated rings. The van der Waals surface area contributed by atoms with Crippen LogP contribution in [-0.4, -0.2) is 66.5 Å². The minimum atomic E-state index is -4.97. The summed E-state index contributed by atoms with van der Waals surface area (Å²) in [4.78, 5) is 19.7. The van der Waals surface area contributed by atoms with Crippen molar-refractivity contribution in [3.8, 4) is 17.2 Å². The van der Waals surface area contributed by atoms with Gasteiger partial charge in [-0.3, -0.25) is 9.80 Å². The smallest absolute Gasteiger partial charge is 0.497 e. The molecule has 216 valence electrons. The summed E-state index contributed by atoms with van der Waals surface area (Å²) >= 11 is 0. The summed E-state index contributed by atoms with van der Waals surface area (Å²) in [7, 11) is 3.23. The zero-order chi connectivity index (χ0) is 28.8. The third-order valence-electron chi connectivity index (χ3n) is 8.22. The molecule has 7 nitrogen and oxygen atoms in total. The minimum absolute atomic E-state index is 0.0124. The first-order valence-corrected chi connectivity index (χ1v) is 13.3.